The third-order valence-corrected chi connectivity index (χ3v) is 3.08. The smallest absolute Gasteiger partial charge is 0.0443 e. The molecule has 0 aliphatic rings. The van der Waals surface area contributed by atoms with Gasteiger partial charge in [0, 0.05) is 19.2 Å². The molecule has 0 saturated heterocycles. The maximum Gasteiger partial charge on any atom is 0.0443 e. The SMILES string of the molecule is CC[C@H](Cc1ccccc1)N(C)CCCO. The largest absolute Gasteiger partial charge is 0.396 e. The minimum atomic E-state index is 0.284. The standard InChI is InChI=1S/C14H23NO/c1-3-14(15(2)10-7-11-16)12-13-8-5-4-6-9-13/h4-6,8-9,14,16H,3,7,10-12H2,1-2H3/t14-/m1/s1. The van der Waals surface area contributed by atoms with Gasteiger partial charge in [0.05, 0.1) is 0 Å². The van der Waals surface area contributed by atoms with E-state index in [1.807, 2.05) is 0 Å². The van der Waals surface area contributed by atoms with Crippen molar-refractivity contribution in [3.63, 3.8) is 0 Å². The van der Waals surface area contributed by atoms with Crippen molar-refractivity contribution in [3.8, 4) is 0 Å². The van der Waals surface area contributed by atoms with Gasteiger partial charge in [0.2, 0.25) is 0 Å². The first-order valence-corrected chi connectivity index (χ1v) is 6.13. The normalized spacial score (nSPS) is 13.0. The van der Waals surface area contributed by atoms with Gasteiger partial charge in [-0.05, 0) is 31.9 Å². The van der Waals surface area contributed by atoms with Gasteiger partial charge in [-0.15, -0.1) is 0 Å². The summed E-state index contributed by atoms with van der Waals surface area (Å²) in [5, 5.41) is 8.83. The predicted molar refractivity (Wildman–Crippen MR) is 68.6 cm³/mol. The van der Waals surface area contributed by atoms with Crippen molar-refractivity contribution >= 4 is 0 Å². The second-order valence-corrected chi connectivity index (χ2v) is 4.31. The van der Waals surface area contributed by atoms with E-state index < -0.39 is 0 Å². The number of hydrogen-bond donors (Lipinski definition) is 1. The van der Waals surface area contributed by atoms with Crippen molar-refractivity contribution in [1.29, 1.82) is 0 Å². The molecule has 1 rings (SSSR count). The van der Waals surface area contributed by atoms with Crippen LogP contribution in [0.25, 0.3) is 0 Å². The highest BCUT2D eigenvalue weighted by molar-refractivity contribution is 5.15. The molecular formula is C14H23NO. The van der Waals surface area contributed by atoms with E-state index in [2.05, 4.69) is 49.2 Å². The van der Waals surface area contributed by atoms with Crippen LogP contribution in [0.4, 0.5) is 0 Å². The zero-order chi connectivity index (χ0) is 11.8. The highest BCUT2D eigenvalue weighted by Crippen LogP contribution is 2.10. The molecule has 1 atom stereocenters. The molecule has 90 valence electrons. The minimum absolute atomic E-state index is 0.284. The monoisotopic (exact) mass is 221 g/mol. The van der Waals surface area contributed by atoms with Gasteiger partial charge in [-0.2, -0.15) is 0 Å². The molecule has 1 aromatic carbocycles. The molecule has 0 radical (unpaired) electrons. The molecule has 0 amide bonds. The Kier molecular flexibility index (Phi) is 6.12. The van der Waals surface area contributed by atoms with Crippen molar-refractivity contribution in [2.24, 2.45) is 0 Å². The highest BCUT2D eigenvalue weighted by Gasteiger charge is 2.12. The topological polar surface area (TPSA) is 23.5 Å². The second-order valence-electron chi connectivity index (χ2n) is 4.31. The van der Waals surface area contributed by atoms with E-state index in [1.165, 1.54) is 5.56 Å². The molecule has 1 N–H and O–H groups in total. The second kappa shape index (κ2) is 7.42. The van der Waals surface area contributed by atoms with Gasteiger partial charge in [-0.3, -0.25) is 0 Å². The first-order valence-electron chi connectivity index (χ1n) is 6.13. The fourth-order valence-electron chi connectivity index (χ4n) is 2.00. The zero-order valence-corrected chi connectivity index (χ0v) is 10.4. The quantitative estimate of drug-likeness (QED) is 0.764. The molecule has 0 saturated carbocycles. The fourth-order valence-corrected chi connectivity index (χ4v) is 2.00. The van der Waals surface area contributed by atoms with Crippen molar-refractivity contribution < 1.29 is 5.11 Å². The maximum absolute atomic E-state index is 8.83. The molecule has 2 heteroatoms. The minimum Gasteiger partial charge on any atom is -0.396 e. The van der Waals surface area contributed by atoms with Crippen LogP contribution < -0.4 is 0 Å². The number of hydrogen-bond acceptors (Lipinski definition) is 2. The summed E-state index contributed by atoms with van der Waals surface area (Å²) in [6.07, 6.45) is 3.11. The Balaban J connectivity index is 2.48. The lowest BCUT2D eigenvalue weighted by molar-refractivity contribution is 0.201. The lowest BCUT2D eigenvalue weighted by Gasteiger charge is -2.27. The molecule has 0 unspecified atom stereocenters. The third kappa shape index (κ3) is 4.33. The first kappa shape index (κ1) is 13.2. The van der Waals surface area contributed by atoms with Crippen LogP contribution in [0, 0.1) is 0 Å². The lowest BCUT2D eigenvalue weighted by Crippen LogP contribution is -2.34. The van der Waals surface area contributed by atoms with Crippen LogP contribution in [0.3, 0.4) is 0 Å². The van der Waals surface area contributed by atoms with E-state index in [4.69, 9.17) is 5.11 Å². The van der Waals surface area contributed by atoms with E-state index in [-0.39, 0.29) is 6.61 Å². The molecule has 0 heterocycles. The Morgan fingerprint density at radius 3 is 2.50 bits per heavy atom. The number of rotatable bonds is 7. The average Bonchev–Trinajstić information content (AvgIpc) is 2.34. The first-order chi connectivity index (χ1) is 7.77. The van der Waals surface area contributed by atoms with Crippen LogP contribution in [-0.4, -0.2) is 36.2 Å². The van der Waals surface area contributed by atoms with Gasteiger partial charge < -0.3 is 10.0 Å². The van der Waals surface area contributed by atoms with Gasteiger partial charge in [0.25, 0.3) is 0 Å². The van der Waals surface area contributed by atoms with Crippen LogP contribution in [0.1, 0.15) is 25.3 Å². The fraction of sp³-hybridized carbons (Fsp3) is 0.571. The van der Waals surface area contributed by atoms with Crippen LogP contribution in [0.15, 0.2) is 30.3 Å². The Hall–Kier alpha value is -0.860. The Labute approximate surface area is 98.9 Å². The molecule has 2 nitrogen and oxygen atoms in total. The summed E-state index contributed by atoms with van der Waals surface area (Å²) < 4.78 is 0. The number of aliphatic hydroxyl groups excluding tert-OH is 1. The van der Waals surface area contributed by atoms with E-state index in [0.29, 0.717) is 6.04 Å². The summed E-state index contributed by atoms with van der Waals surface area (Å²) in [5.41, 5.74) is 1.39. The molecule has 0 aliphatic heterocycles. The summed E-state index contributed by atoms with van der Waals surface area (Å²) in [5.74, 6) is 0. The summed E-state index contributed by atoms with van der Waals surface area (Å²) in [4.78, 5) is 2.35. The van der Waals surface area contributed by atoms with E-state index >= 15 is 0 Å². The molecule has 0 spiro atoms. The van der Waals surface area contributed by atoms with Gasteiger partial charge in [0.1, 0.15) is 0 Å². The molecular weight excluding hydrogens is 198 g/mol. The lowest BCUT2D eigenvalue weighted by atomic mass is 10.0. The molecule has 0 aliphatic carbocycles. The van der Waals surface area contributed by atoms with E-state index in [9.17, 15) is 0 Å². The maximum atomic E-state index is 8.83. The predicted octanol–water partition coefficient (Wildman–Crippen LogP) is 2.32. The number of nitrogens with zero attached hydrogens (tertiary/aromatic N) is 1. The van der Waals surface area contributed by atoms with E-state index in [1.54, 1.807) is 0 Å². The van der Waals surface area contributed by atoms with Crippen LogP contribution in [-0.2, 0) is 6.42 Å². The molecule has 16 heavy (non-hydrogen) atoms. The Bertz CT molecular complexity index is 273. The number of aliphatic hydroxyl groups is 1. The summed E-state index contributed by atoms with van der Waals surface area (Å²) >= 11 is 0. The van der Waals surface area contributed by atoms with Crippen LogP contribution >= 0.6 is 0 Å². The Morgan fingerprint density at radius 2 is 1.94 bits per heavy atom. The van der Waals surface area contributed by atoms with Crippen LogP contribution in [0.2, 0.25) is 0 Å². The summed E-state index contributed by atoms with van der Waals surface area (Å²) in [6.45, 7) is 3.48. The molecule has 0 aromatic heterocycles. The van der Waals surface area contributed by atoms with Crippen molar-refractivity contribution in [1.82, 2.24) is 4.90 Å². The van der Waals surface area contributed by atoms with Gasteiger partial charge in [0.15, 0.2) is 0 Å². The zero-order valence-electron chi connectivity index (χ0n) is 10.4. The summed E-state index contributed by atoms with van der Waals surface area (Å²) in [6, 6.07) is 11.2. The van der Waals surface area contributed by atoms with Crippen molar-refractivity contribution in [2.45, 2.75) is 32.2 Å². The third-order valence-electron chi connectivity index (χ3n) is 3.08. The molecule has 0 bridgehead atoms. The average molecular weight is 221 g/mol. The molecule has 0 fully saturated rings. The van der Waals surface area contributed by atoms with E-state index in [0.717, 1.165) is 25.8 Å². The highest BCUT2D eigenvalue weighted by atomic mass is 16.3. The summed E-state index contributed by atoms with van der Waals surface area (Å²) in [7, 11) is 2.15. The number of benzene rings is 1. The van der Waals surface area contributed by atoms with Gasteiger partial charge in [-0.1, -0.05) is 37.3 Å². The number of likely N-dealkylation sites (N-methyl/N-ethyl adjacent to an activating group) is 1. The molecule has 1 aromatic rings. The van der Waals surface area contributed by atoms with Gasteiger partial charge >= 0.3 is 0 Å². The van der Waals surface area contributed by atoms with Crippen molar-refractivity contribution in [2.75, 3.05) is 20.2 Å². The Morgan fingerprint density at radius 1 is 1.25 bits per heavy atom. The van der Waals surface area contributed by atoms with Gasteiger partial charge in [-0.25, -0.2) is 0 Å². The van der Waals surface area contributed by atoms with Crippen LogP contribution in [0.5, 0.6) is 0 Å². The van der Waals surface area contributed by atoms with Crippen molar-refractivity contribution in [3.05, 3.63) is 35.9 Å².